The lowest BCUT2D eigenvalue weighted by Crippen LogP contribution is -2.10. The quantitative estimate of drug-likeness (QED) is 0.579. The number of methoxy groups -OCH3 is 1. The summed E-state index contributed by atoms with van der Waals surface area (Å²) in [4.78, 5) is 13.2. The molecule has 0 unspecified atom stereocenters. The van der Waals surface area contributed by atoms with Crippen molar-refractivity contribution in [2.45, 2.75) is 0 Å². The monoisotopic (exact) mass is 223 g/mol. The normalized spacial score (nSPS) is 11.1. The smallest absolute Gasteiger partial charge is 0.339 e. The molecule has 0 aliphatic heterocycles. The summed E-state index contributed by atoms with van der Waals surface area (Å²) in [5, 5.41) is 0. The van der Waals surface area contributed by atoms with Crippen molar-refractivity contribution in [3.63, 3.8) is 0 Å². The molecule has 0 aliphatic carbocycles. The van der Waals surface area contributed by atoms with Crippen LogP contribution in [0.15, 0.2) is 30.5 Å². The van der Waals surface area contributed by atoms with Crippen molar-refractivity contribution in [2.24, 2.45) is 0 Å². The number of carbonyl (C=O) groups excluding carboxylic acids is 1. The lowest BCUT2D eigenvalue weighted by atomic mass is 10.1. The maximum atomic E-state index is 13.0. The van der Waals surface area contributed by atoms with E-state index in [1.54, 1.807) is 37.3 Å². The highest BCUT2D eigenvalue weighted by Crippen LogP contribution is 2.17. The van der Waals surface area contributed by atoms with Gasteiger partial charge in [-0.3, -0.25) is 0 Å². The van der Waals surface area contributed by atoms with Crippen molar-refractivity contribution in [1.82, 2.24) is 4.90 Å². The molecule has 0 aliphatic rings. The van der Waals surface area contributed by atoms with Gasteiger partial charge in [-0.15, -0.1) is 0 Å². The molecule has 1 rings (SSSR count). The zero-order valence-corrected chi connectivity index (χ0v) is 9.53. The first-order valence-corrected chi connectivity index (χ1v) is 4.77. The van der Waals surface area contributed by atoms with Gasteiger partial charge in [-0.05, 0) is 17.7 Å². The fourth-order valence-corrected chi connectivity index (χ4v) is 1.27. The molecule has 0 fully saturated rings. The fourth-order valence-electron chi connectivity index (χ4n) is 1.27. The molecular formula is C12H14FNO2. The number of hydrogen-bond donors (Lipinski definition) is 0. The number of rotatable bonds is 3. The molecule has 1 aromatic rings. The second-order valence-corrected chi connectivity index (χ2v) is 3.51. The SMILES string of the molecule is COC(=O)C(=CN(C)C)c1cccc(F)c1. The molecule has 0 saturated heterocycles. The van der Waals surface area contributed by atoms with E-state index in [-0.39, 0.29) is 5.82 Å². The molecule has 0 bridgehead atoms. The van der Waals surface area contributed by atoms with E-state index in [1.165, 1.54) is 19.2 Å². The molecule has 0 saturated carbocycles. The summed E-state index contributed by atoms with van der Waals surface area (Å²) in [5.74, 6) is -0.870. The van der Waals surface area contributed by atoms with Crippen molar-refractivity contribution in [1.29, 1.82) is 0 Å². The second-order valence-electron chi connectivity index (χ2n) is 3.51. The number of halogens is 1. The summed E-state index contributed by atoms with van der Waals surface area (Å²) in [5.41, 5.74) is 0.826. The van der Waals surface area contributed by atoms with Crippen LogP contribution in [-0.4, -0.2) is 32.1 Å². The summed E-state index contributed by atoms with van der Waals surface area (Å²) in [6.45, 7) is 0. The van der Waals surface area contributed by atoms with Crippen molar-refractivity contribution in [2.75, 3.05) is 21.2 Å². The Bertz CT molecular complexity index is 413. The van der Waals surface area contributed by atoms with Gasteiger partial charge in [0.1, 0.15) is 5.82 Å². The summed E-state index contributed by atoms with van der Waals surface area (Å²) in [6.07, 6.45) is 1.60. The highest BCUT2D eigenvalue weighted by molar-refractivity contribution is 6.16. The first kappa shape index (κ1) is 12.2. The largest absolute Gasteiger partial charge is 0.465 e. The first-order valence-electron chi connectivity index (χ1n) is 4.77. The third kappa shape index (κ3) is 3.08. The van der Waals surface area contributed by atoms with Gasteiger partial charge in [-0.2, -0.15) is 0 Å². The standard InChI is InChI=1S/C12H14FNO2/c1-14(2)8-11(12(15)16-3)9-5-4-6-10(13)7-9/h4-8H,1-3H3. The minimum atomic E-state index is -0.487. The summed E-state index contributed by atoms with van der Waals surface area (Å²) >= 11 is 0. The van der Waals surface area contributed by atoms with E-state index in [2.05, 4.69) is 4.74 Å². The highest BCUT2D eigenvalue weighted by atomic mass is 19.1. The summed E-state index contributed by atoms with van der Waals surface area (Å²) < 4.78 is 17.7. The van der Waals surface area contributed by atoms with Crippen LogP contribution in [0, 0.1) is 5.82 Å². The van der Waals surface area contributed by atoms with Crippen LogP contribution in [0.2, 0.25) is 0 Å². The van der Waals surface area contributed by atoms with Gasteiger partial charge in [0.25, 0.3) is 0 Å². The lowest BCUT2D eigenvalue weighted by Gasteiger charge is -2.10. The second kappa shape index (κ2) is 5.30. The topological polar surface area (TPSA) is 29.5 Å². The van der Waals surface area contributed by atoms with E-state index in [9.17, 15) is 9.18 Å². The van der Waals surface area contributed by atoms with E-state index in [4.69, 9.17) is 0 Å². The van der Waals surface area contributed by atoms with Crippen LogP contribution in [0.25, 0.3) is 5.57 Å². The van der Waals surface area contributed by atoms with Crippen molar-refractivity contribution < 1.29 is 13.9 Å². The minimum Gasteiger partial charge on any atom is -0.465 e. The summed E-state index contributed by atoms with van der Waals surface area (Å²) in [6, 6.07) is 5.84. The lowest BCUT2D eigenvalue weighted by molar-refractivity contribution is -0.133. The number of esters is 1. The molecule has 3 nitrogen and oxygen atoms in total. The van der Waals surface area contributed by atoms with Gasteiger partial charge in [0.05, 0.1) is 12.7 Å². The van der Waals surface area contributed by atoms with E-state index in [0.717, 1.165) is 0 Å². The highest BCUT2D eigenvalue weighted by Gasteiger charge is 2.13. The molecule has 0 atom stereocenters. The fraction of sp³-hybridized carbons (Fsp3) is 0.250. The molecule has 0 N–H and O–H groups in total. The van der Waals surface area contributed by atoms with E-state index in [1.807, 2.05) is 0 Å². The van der Waals surface area contributed by atoms with Gasteiger partial charge in [-0.1, -0.05) is 12.1 Å². The van der Waals surface area contributed by atoms with Crippen LogP contribution in [0.3, 0.4) is 0 Å². The molecule has 86 valence electrons. The van der Waals surface area contributed by atoms with E-state index >= 15 is 0 Å². The van der Waals surface area contributed by atoms with Gasteiger partial charge >= 0.3 is 5.97 Å². The number of benzene rings is 1. The van der Waals surface area contributed by atoms with Gasteiger partial charge in [0.2, 0.25) is 0 Å². The third-order valence-electron chi connectivity index (χ3n) is 1.93. The molecule has 4 heteroatoms. The Kier molecular flexibility index (Phi) is 4.05. The molecule has 0 heterocycles. The Balaban J connectivity index is 3.16. The van der Waals surface area contributed by atoms with Crippen LogP contribution in [0.4, 0.5) is 4.39 Å². The predicted molar refractivity (Wildman–Crippen MR) is 60.1 cm³/mol. The maximum absolute atomic E-state index is 13.0. The average Bonchev–Trinajstić information content (AvgIpc) is 2.24. The Hall–Kier alpha value is -1.84. The Labute approximate surface area is 94.1 Å². The maximum Gasteiger partial charge on any atom is 0.339 e. The van der Waals surface area contributed by atoms with Crippen LogP contribution >= 0.6 is 0 Å². The molecule has 0 amide bonds. The van der Waals surface area contributed by atoms with Crippen LogP contribution in [0.1, 0.15) is 5.56 Å². The molecular weight excluding hydrogens is 209 g/mol. The first-order chi connectivity index (χ1) is 7.54. The van der Waals surface area contributed by atoms with Crippen molar-refractivity contribution >= 4 is 11.5 Å². The number of hydrogen-bond acceptors (Lipinski definition) is 3. The van der Waals surface area contributed by atoms with Crippen LogP contribution in [0.5, 0.6) is 0 Å². The van der Waals surface area contributed by atoms with Gasteiger partial charge in [0.15, 0.2) is 0 Å². The zero-order valence-electron chi connectivity index (χ0n) is 9.53. The number of ether oxygens (including phenoxy) is 1. The summed E-state index contributed by atoms with van der Waals surface area (Å²) in [7, 11) is 4.86. The van der Waals surface area contributed by atoms with E-state index in [0.29, 0.717) is 11.1 Å². The third-order valence-corrected chi connectivity index (χ3v) is 1.93. The Morgan fingerprint density at radius 1 is 1.44 bits per heavy atom. The predicted octanol–water partition coefficient (Wildman–Crippen LogP) is 1.90. The van der Waals surface area contributed by atoms with Gasteiger partial charge in [0, 0.05) is 20.3 Å². The average molecular weight is 223 g/mol. The molecule has 0 radical (unpaired) electrons. The number of carbonyl (C=O) groups is 1. The van der Waals surface area contributed by atoms with Crippen molar-refractivity contribution in [3.8, 4) is 0 Å². The van der Waals surface area contributed by atoms with E-state index < -0.39 is 5.97 Å². The van der Waals surface area contributed by atoms with Gasteiger partial charge in [-0.25, -0.2) is 9.18 Å². The molecule has 1 aromatic carbocycles. The molecule has 16 heavy (non-hydrogen) atoms. The van der Waals surface area contributed by atoms with Crippen LogP contribution < -0.4 is 0 Å². The molecule has 0 spiro atoms. The van der Waals surface area contributed by atoms with Crippen molar-refractivity contribution in [3.05, 3.63) is 41.8 Å². The Morgan fingerprint density at radius 3 is 2.62 bits per heavy atom. The zero-order chi connectivity index (χ0) is 12.1. The number of nitrogens with zero attached hydrogens (tertiary/aromatic N) is 1. The van der Waals surface area contributed by atoms with Gasteiger partial charge < -0.3 is 9.64 Å². The van der Waals surface area contributed by atoms with Crippen LogP contribution in [-0.2, 0) is 9.53 Å². The minimum absolute atomic E-state index is 0.326. The Morgan fingerprint density at radius 2 is 2.12 bits per heavy atom. The molecule has 0 aromatic heterocycles.